The minimum absolute atomic E-state index is 0.0869. The average molecular weight is 604 g/mol. The van der Waals surface area contributed by atoms with Crippen molar-refractivity contribution in [1.82, 2.24) is 0 Å². The minimum atomic E-state index is -8.41. The van der Waals surface area contributed by atoms with Gasteiger partial charge in [-0.1, -0.05) is 12.1 Å². The molecule has 22 heteroatoms. The summed E-state index contributed by atoms with van der Waals surface area (Å²) in [5.41, 5.74) is 0. The first-order valence-corrected chi connectivity index (χ1v) is 9.61. The summed E-state index contributed by atoms with van der Waals surface area (Å²) in [6, 6.07) is 0.997. The van der Waals surface area contributed by atoms with Crippen LogP contribution < -0.4 is 4.74 Å². The van der Waals surface area contributed by atoms with Crippen molar-refractivity contribution < 1.29 is 92.3 Å². The van der Waals surface area contributed by atoms with Crippen molar-refractivity contribution >= 4 is 10.1 Å². The molecule has 0 heterocycles. The molecule has 0 atom stereocenters. The van der Waals surface area contributed by atoms with Gasteiger partial charge in [0.25, 0.3) is 10.1 Å². The zero-order valence-corrected chi connectivity index (χ0v) is 17.1. The van der Waals surface area contributed by atoms with Gasteiger partial charge in [-0.25, -0.2) is 8.78 Å². The Morgan fingerprint density at radius 2 is 1.05 bits per heavy atom. The molecule has 1 aromatic carbocycles. The van der Waals surface area contributed by atoms with E-state index < -0.39 is 74.3 Å². The summed E-state index contributed by atoms with van der Waals surface area (Å²) in [5.74, 6) is -53.1. The van der Waals surface area contributed by atoms with E-state index in [-0.39, 0.29) is 12.1 Å². The van der Waals surface area contributed by atoms with Crippen LogP contribution in [0.5, 0.6) is 5.75 Å². The summed E-state index contributed by atoms with van der Waals surface area (Å²) in [6.45, 7) is 0. The number of hydrogen-bond donors (Lipinski definition) is 1. The van der Waals surface area contributed by atoms with Gasteiger partial charge in [0.1, 0.15) is 10.6 Å². The number of allylic oxidation sites excluding steroid dienone is 2. The molecule has 0 unspecified atom stereocenters. The number of alkyl halides is 15. The van der Waals surface area contributed by atoms with Crippen LogP contribution >= 0.6 is 0 Å². The summed E-state index contributed by atoms with van der Waals surface area (Å²) in [7, 11) is -5.70. The standard InChI is InChI=1S/C15H5F17O4S/c16-7(8(17)10(20,21)14(28,29)30)9(18,19)11(22,23)12(24,25)13(26,27)15(31,32)36-5-3-1-2-4-6(5)37(33,34)35/h1-4H,(H,33,34,35)/b8-7+. The van der Waals surface area contributed by atoms with Crippen LogP contribution in [-0.2, 0) is 10.1 Å². The van der Waals surface area contributed by atoms with E-state index in [9.17, 15) is 83.1 Å². The second-order valence-corrected chi connectivity index (χ2v) is 7.93. The maximum absolute atomic E-state index is 13.8. The molecule has 0 amide bonds. The summed E-state index contributed by atoms with van der Waals surface area (Å²) in [4.78, 5) is -1.91. The number of ether oxygens (including phenoxy) is 1. The Morgan fingerprint density at radius 1 is 0.649 bits per heavy atom. The van der Waals surface area contributed by atoms with E-state index in [1.165, 1.54) is 0 Å². The molecule has 214 valence electrons. The zero-order valence-electron chi connectivity index (χ0n) is 16.3. The van der Waals surface area contributed by atoms with Crippen LogP contribution in [0.15, 0.2) is 40.8 Å². The first kappa shape index (κ1) is 32.5. The topological polar surface area (TPSA) is 63.6 Å². The van der Waals surface area contributed by atoms with Gasteiger partial charge >= 0.3 is 41.9 Å². The highest BCUT2D eigenvalue weighted by Crippen LogP contribution is 2.60. The molecule has 0 spiro atoms. The number of benzene rings is 1. The van der Waals surface area contributed by atoms with E-state index in [4.69, 9.17) is 4.55 Å². The van der Waals surface area contributed by atoms with Crippen LogP contribution in [0.2, 0.25) is 0 Å². The van der Waals surface area contributed by atoms with Crippen LogP contribution in [0.4, 0.5) is 74.6 Å². The molecule has 0 radical (unpaired) electrons. The van der Waals surface area contributed by atoms with Gasteiger partial charge in [0.15, 0.2) is 0 Å². The van der Waals surface area contributed by atoms with Crippen molar-refractivity contribution in [1.29, 1.82) is 0 Å². The Kier molecular flexibility index (Phi) is 7.95. The molecule has 1 aromatic rings. The molecule has 0 aliphatic carbocycles. The van der Waals surface area contributed by atoms with Crippen LogP contribution in [0, 0.1) is 0 Å². The molecule has 0 saturated heterocycles. The van der Waals surface area contributed by atoms with Gasteiger partial charge in [-0.15, -0.1) is 0 Å². The van der Waals surface area contributed by atoms with Crippen molar-refractivity contribution in [2.24, 2.45) is 0 Å². The Labute approximate surface area is 192 Å². The van der Waals surface area contributed by atoms with Gasteiger partial charge < -0.3 is 4.74 Å². The van der Waals surface area contributed by atoms with Crippen LogP contribution in [0.3, 0.4) is 0 Å². The average Bonchev–Trinajstić information content (AvgIpc) is 2.70. The van der Waals surface area contributed by atoms with Crippen LogP contribution in [0.1, 0.15) is 0 Å². The Morgan fingerprint density at radius 3 is 1.46 bits per heavy atom. The predicted octanol–water partition coefficient (Wildman–Crippen LogP) is 6.79. The third kappa shape index (κ3) is 5.12. The summed E-state index contributed by atoms with van der Waals surface area (Å²) < 4.78 is 258. The maximum Gasteiger partial charge on any atom is 0.471 e. The lowest BCUT2D eigenvalue weighted by Crippen LogP contribution is -2.68. The lowest BCUT2D eigenvalue weighted by atomic mass is 9.96. The van der Waals surface area contributed by atoms with Gasteiger partial charge in [0, 0.05) is 0 Å². The molecule has 37 heavy (non-hydrogen) atoms. The fraction of sp³-hybridized carbons (Fsp3) is 0.467. The van der Waals surface area contributed by atoms with E-state index >= 15 is 0 Å². The summed E-state index contributed by atoms with van der Waals surface area (Å²) in [6.07, 6.45) is -14.6. The normalized spacial score (nSPS) is 15.9. The van der Waals surface area contributed by atoms with Gasteiger partial charge in [-0.3, -0.25) is 4.55 Å². The molecule has 0 aromatic heterocycles. The lowest BCUT2D eigenvalue weighted by Gasteiger charge is -2.38. The Hall–Kier alpha value is -2.52. The maximum atomic E-state index is 13.8. The second kappa shape index (κ2) is 9.05. The van der Waals surface area contributed by atoms with E-state index in [1.54, 1.807) is 0 Å². The molecule has 0 aliphatic heterocycles. The Bertz CT molecular complexity index is 1150. The molecule has 1 N–H and O–H groups in total. The third-order valence-corrected chi connectivity index (χ3v) is 4.91. The first-order chi connectivity index (χ1) is 16.0. The van der Waals surface area contributed by atoms with E-state index in [1.807, 2.05) is 0 Å². The highest BCUT2D eigenvalue weighted by atomic mass is 32.2. The van der Waals surface area contributed by atoms with Crippen molar-refractivity contribution in [3.63, 3.8) is 0 Å². The highest BCUT2D eigenvalue weighted by molar-refractivity contribution is 7.86. The first-order valence-electron chi connectivity index (χ1n) is 8.17. The van der Waals surface area contributed by atoms with E-state index in [2.05, 4.69) is 4.74 Å². The van der Waals surface area contributed by atoms with Crippen molar-refractivity contribution in [3.05, 3.63) is 35.9 Å². The minimum Gasteiger partial charge on any atom is -0.426 e. The third-order valence-electron chi connectivity index (χ3n) is 4.01. The number of para-hydroxylation sites is 1. The predicted molar refractivity (Wildman–Crippen MR) is 81.9 cm³/mol. The van der Waals surface area contributed by atoms with Crippen LogP contribution in [-0.4, -0.2) is 54.9 Å². The van der Waals surface area contributed by atoms with E-state index in [0.29, 0.717) is 12.1 Å². The van der Waals surface area contributed by atoms with Crippen molar-refractivity contribution in [2.45, 2.75) is 46.8 Å². The fourth-order valence-corrected chi connectivity index (χ4v) is 2.68. The number of rotatable bonds is 9. The lowest BCUT2D eigenvalue weighted by molar-refractivity contribution is -0.428. The van der Waals surface area contributed by atoms with Gasteiger partial charge in [0.2, 0.25) is 11.7 Å². The van der Waals surface area contributed by atoms with Gasteiger partial charge in [0.05, 0.1) is 0 Å². The molecule has 1 rings (SSSR count). The molecule has 0 saturated carbocycles. The molecular formula is C15H5F17O4S. The number of hydrogen-bond acceptors (Lipinski definition) is 3. The smallest absolute Gasteiger partial charge is 0.426 e. The van der Waals surface area contributed by atoms with Crippen LogP contribution in [0.25, 0.3) is 0 Å². The van der Waals surface area contributed by atoms with Crippen molar-refractivity contribution in [3.8, 4) is 5.75 Å². The van der Waals surface area contributed by atoms with E-state index in [0.717, 1.165) is 0 Å². The Balaban J connectivity index is 3.70. The molecule has 4 nitrogen and oxygen atoms in total. The molecule has 0 aliphatic rings. The fourth-order valence-electron chi connectivity index (χ4n) is 2.06. The molecular weight excluding hydrogens is 599 g/mol. The monoisotopic (exact) mass is 604 g/mol. The highest BCUT2D eigenvalue weighted by Gasteiger charge is 2.89. The van der Waals surface area contributed by atoms with Crippen molar-refractivity contribution in [2.75, 3.05) is 0 Å². The second-order valence-electron chi connectivity index (χ2n) is 6.54. The molecule has 0 fully saturated rings. The van der Waals surface area contributed by atoms with Gasteiger partial charge in [-0.05, 0) is 12.1 Å². The zero-order chi connectivity index (χ0) is 29.8. The largest absolute Gasteiger partial charge is 0.471 e. The SMILES string of the molecule is O=S(=O)(O)c1ccccc1OC(F)(F)C(F)(F)C(F)(F)C(F)(F)C(F)(F)/C(F)=C(\F)C(F)(F)C(F)(F)F. The quantitative estimate of drug-likeness (QED) is 0.249. The van der Waals surface area contributed by atoms with Gasteiger partial charge in [-0.2, -0.15) is 74.3 Å². The molecule has 0 bridgehead atoms. The summed E-state index contributed by atoms with van der Waals surface area (Å²) in [5, 5.41) is 0. The number of halogens is 17. The summed E-state index contributed by atoms with van der Waals surface area (Å²) >= 11 is 0.